The average Bonchev–Trinajstić information content (AvgIpc) is 2.55. The number of nitrogens with one attached hydrogen (secondary N) is 1. The van der Waals surface area contributed by atoms with Gasteiger partial charge in [0.25, 0.3) is 5.69 Å². The second kappa shape index (κ2) is 8.26. The third-order valence-corrected chi connectivity index (χ3v) is 4.18. The number of hydrogen-bond acceptors (Lipinski definition) is 5. The first-order valence-electron chi connectivity index (χ1n) is 7.17. The van der Waals surface area contributed by atoms with Crippen molar-refractivity contribution in [2.24, 2.45) is 0 Å². The summed E-state index contributed by atoms with van der Waals surface area (Å²) in [5.41, 5.74) is 1.94. The summed E-state index contributed by atoms with van der Waals surface area (Å²) < 4.78 is 0. The van der Waals surface area contributed by atoms with Crippen molar-refractivity contribution in [2.75, 3.05) is 11.1 Å². The first kappa shape index (κ1) is 17.7. The lowest BCUT2D eigenvalue weighted by molar-refractivity contribution is -0.384. The van der Waals surface area contributed by atoms with Crippen LogP contribution in [0.15, 0.2) is 48.5 Å². The predicted octanol–water partition coefficient (Wildman–Crippen LogP) is 3.67. The Balaban J connectivity index is 1.85. The molecule has 0 aliphatic heterocycles. The van der Waals surface area contributed by atoms with Crippen molar-refractivity contribution in [3.8, 4) is 0 Å². The molecule has 2 aromatic rings. The van der Waals surface area contributed by atoms with E-state index in [-0.39, 0.29) is 23.1 Å². The monoisotopic (exact) mass is 344 g/mol. The van der Waals surface area contributed by atoms with Crippen LogP contribution in [0.25, 0.3) is 0 Å². The highest BCUT2D eigenvalue weighted by Crippen LogP contribution is 2.18. The average molecular weight is 344 g/mol. The van der Waals surface area contributed by atoms with Gasteiger partial charge in [0.15, 0.2) is 5.78 Å². The highest BCUT2D eigenvalue weighted by molar-refractivity contribution is 7.99. The van der Waals surface area contributed by atoms with Gasteiger partial charge in [0.2, 0.25) is 5.91 Å². The molecule has 0 spiro atoms. The molecule has 0 heterocycles. The van der Waals surface area contributed by atoms with E-state index >= 15 is 0 Å². The molecule has 1 N–H and O–H groups in total. The van der Waals surface area contributed by atoms with E-state index in [4.69, 9.17) is 0 Å². The van der Waals surface area contributed by atoms with Gasteiger partial charge in [-0.2, -0.15) is 0 Å². The predicted molar refractivity (Wildman–Crippen MR) is 94.3 cm³/mol. The number of thioether (sulfide) groups is 1. The van der Waals surface area contributed by atoms with Crippen molar-refractivity contribution in [1.82, 2.24) is 0 Å². The van der Waals surface area contributed by atoms with Gasteiger partial charge in [-0.15, -0.1) is 11.8 Å². The fourth-order valence-electron chi connectivity index (χ4n) is 2.03. The van der Waals surface area contributed by atoms with Crippen LogP contribution >= 0.6 is 11.8 Å². The largest absolute Gasteiger partial charge is 0.325 e. The summed E-state index contributed by atoms with van der Waals surface area (Å²) in [4.78, 5) is 33.5. The minimum Gasteiger partial charge on any atom is -0.325 e. The Hall–Kier alpha value is -2.67. The summed E-state index contributed by atoms with van der Waals surface area (Å²) in [6, 6.07) is 13.1. The van der Waals surface area contributed by atoms with E-state index in [1.165, 1.54) is 30.8 Å². The van der Waals surface area contributed by atoms with Crippen LogP contribution in [0.4, 0.5) is 11.4 Å². The third-order valence-electron chi connectivity index (χ3n) is 3.18. The molecule has 0 bridgehead atoms. The molecule has 2 aromatic carbocycles. The number of carbonyl (C=O) groups is 2. The van der Waals surface area contributed by atoms with Crippen LogP contribution in [0, 0.1) is 10.1 Å². The standard InChI is InChI=1S/C17H16N2O4S/c1-12(20)14-5-3-6-15(9-14)18-17(21)11-24-10-13-4-2-7-16(8-13)19(22)23/h2-9H,10-11H2,1H3,(H,18,21). The smallest absolute Gasteiger partial charge is 0.269 e. The van der Waals surface area contributed by atoms with Crippen molar-refractivity contribution in [2.45, 2.75) is 12.7 Å². The van der Waals surface area contributed by atoms with Gasteiger partial charge in [0, 0.05) is 29.1 Å². The molecule has 0 aliphatic carbocycles. The van der Waals surface area contributed by atoms with E-state index in [0.29, 0.717) is 17.0 Å². The Labute approximate surface area is 143 Å². The number of hydrogen-bond donors (Lipinski definition) is 1. The zero-order chi connectivity index (χ0) is 17.5. The topological polar surface area (TPSA) is 89.3 Å². The molecule has 0 atom stereocenters. The van der Waals surface area contributed by atoms with Crippen molar-refractivity contribution in [1.29, 1.82) is 0 Å². The number of carbonyl (C=O) groups excluding carboxylic acids is 2. The normalized spacial score (nSPS) is 10.2. The van der Waals surface area contributed by atoms with E-state index in [1.54, 1.807) is 36.4 Å². The maximum Gasteiger partial charge on any atom is 0.269 e. The number of rotatable bonds is 7. The first-order chi connectivity index (χ1) is 11.5. The van der Waals surface area contributed by atoms with Gasteiger partial charge in [0.05, 0.1) is 10.7 Å². The zero-order valence-corrected chi connectivity index (χ0v) is 13.8. The van der Waals surface area contributed by atoms with Crippen LogP contribution < -0.4 is 5.32 Å². The number of anilines is 1. The molecule has 124 valence electrons. The molecular formula is C17H16N2O4S. The molecule has 6 nitrogen and oxygen atoms in total. The van der Waals surface area contributed by atoms with E-state index in [9.17, 15) is 19.7 Å². The van der Waals surface area contributed by atoms with Crippen molar-refractivity contribution in [3.05, 3.63) is 69.8 Å². The minimum absolute atomic E-state index is 0.0404. The Morgan fingerprint density at radius 2 is 1.92 bits per heavy atom. The summed E-state index contributed by atoms with van der Waals surface area (Å²) >= 11 is 1.36. The molecule has 2 rings (SSSR count). The Kier molecular flexibility index (Phi) is 6.08. The lowest BCUT2D eigenvalue weighted by Crippen LogP contribution is -2.14. The maximum absolute atomic E-state index is 11.9. The van der Waals surface area contributed by atoms with Crippen LogP contribution in [-0.2, 0) is 10.5 Å². The molecule has 24 heavy (non-hydrogen) atoms. The fourth-order valence-corrected chi connectivity index (χ4v) is 2.81. The molecule has 0 unspecified atom stereocenters. The summed E-state index contributed by atoms with van der Waals surface area (Å²) in [6.45, 7) is 1.47. The van der Waals surface area contributed by atoms with Crippen molar-refractivity contribution >= 4 is 34.8 Å². The van der Waals surface area contributed by atoms with Gasteiger partial charge < -0.3 is 5.32 Å². The number of Topliss-reactive ketones (excluding diaryl/α,β-unsaturated/α-hetero) is 1. The van der Waals surface area contributed by atoms with Crippen molar-refractivity contribution < 1.29 is 14.5 Å². The van der Waals surface area contributed by atoms with Crippen LogP contribution in [0.3, 0.4) is 0 Å². The highest BCUT2D eigenvalue weighted by Gasteiger charge is 2.08. The molecule has 0 radical (unpaired) electrons. The number of non-ortho nitro benzene ring substituents is 1. The number of ketones is 1. The van der Waals surface area contributed by atoms with Gasteiger partial charge in [-0.25, -0.2) is 0 Å². The Bertz CT molecular complexity index is 777. The summed E-state index contributed by atoms with van der Waals surface area (Å²) in [7, 11) is 0. The molecule has 0 aromatic heterocycles. The van der Waals surface area contributed by atoms with Crippen LogP contribution in [-0.4, -0.2) is 22.4 Å². The Morgan fingerprint density at radius 1 is 1.17 bits per heavy atom. The maximum atomic E-state index is 11.9. The zero-order valence-electron chi connectivity index (χ0n) is 13.0. The number of amides is 1. The van der Waals surface area contributed by atoms with E-state index in [1.807, 2.05) is 0 Å². The highest BCUT2D eigenvalue weighted by atomic mass is 32.2. The van der Waals surface area contributed by atoms with Gasteiger partial charge in [0.1, 0.15) is 0 Å². The number of benzene rings is 2. The van der Waals surface area contributed by atoms with Gasteiger partial charge in [-0.1, -0.05) is 24.3 Å². The molecule has 0 saturated carbocycles. The number of nitro groups is 1. The van der Waals surface area contributed by atoms with E-state index in [2.05, 4.69) is 5.32 Å². The lowest BCUT2D eigenvalue weighted by Gasteiger charge is -2.06. The van der Waals surface area contributed by atoms with Gasteiger partial charge in [-0.3, -0.25) is 19.7 Å². The number of nitro benzene ring substituents is 1. The molecule has 0 fully saturated rings. The van der Waals surface area contributed by atoms with Crippen LogP contribution in [0.1, 0.15) is 22.8 Å². The second-order valence-corrected chi connectivity index (χ2v) is 6.09. The molecule has 7 heteroatoms. The molecule has 0 aliphatic rings. The van der Waals surface area contributed by atoms with Gasteiger partial charge in [-0.05, 0) is 24.6 Å². The van der Waals surface area contributed by atoms with E-state index in [0.717, 1.165) is 5.56 Å². The van der Waals surface area contributed by atoms with Crippen molar-refractivity contribution in [3.63, 3.8) is 0 Å². The minimum atomic E-state index is -0.442. The lowest BCUT2D eigenvalue weighted by atomic mass is 10.1. The second-order valence-electron chi connectivity index (χ2n) is 5.10. The quantitative estimate of drug-likeness (QED) is 0.470. The summed E-state index contributed by atoms with van der Waals surface area (Å²) in [6.07, 6.45) is 0. The molecule has 1 amide bonds. The fraction of sp³-hybridized carbons (Fsp3) is 0.176. The van der Waals surface area contributed by atoms with Gasteiger partial charge >= 0.3 is 0 Å². The first-order valence-corrected chi connectivity index (χ1v) is 8.33. The third kappa shape index (κ3) is 5.20. The van der Waals surface area contributed by atoms with E-state index < -0.39 is 4.92 Å². The SMILES string of the molecule is CC(=O)c1cccc(NC(=O)CSCc2cccc([N+](=O)[O-])c2)c1. The molecular weight excluding hydrogens is 328 g/mol. The summed E-state index contributed by atoms with van der Waals surface area (Å²) in [5, 5.41) is 13.5. The van der Waals surface area contributed by atoms with Crippen LogP contribution in [0.2, 0.25) is 0 Å². The summed E-state index contributed by atoms with van der Waals surface area (Å²) in [5.74, 6) is 0.465. The number of nitrogens with zero attached hydrogens (tertiary/aromatic N) is 1. The van der Waals surface area contributed by atoms with Crippen LogP contribution in [0.5, 0.6) is 0 Å². The molecule has 0 saturated heterocycles. The Morgan fingerprint density at radius 3 is 2.62 bits per heavy atom.